The second-order valence-corrected chi connectivity index (χ2v) is 5.50. The number of carboxylic acids is 1. The summed E-state index contributed by atoms with van der Waals surface area (Å²) in [6.07, 6.45) is 0.671. The molecule has 1 aromatic rings. The fourth-order valence-electron chi connectivity index (χ4n) is 2.06. The molecule has 0 aromatic heterocycles. The van der Waals surface area contributed by atoms with Gasteiger partial charge in [-0.1, -0.05) is 23.2 Å². The smallest absolute Gasteiger partial charge is 0.335 e. The number of carbonyl (C=O) groups excluding carboxylic acids is 1. The summed E-state index contributed by atoms with van der Waals surface area (Å²) < 4.78 is 5.35. The van der Waals surface area contributed by atoms with E-state index in [1.165, 1.54) is 12.1 Å². The summed E-state index contributed by atoms with van der Waals surface area (Å²) in [6, 6.07) is 1.91. The first-order chi connectivity index (χ1) is 9.88. The van der Waals surface area contributed by atoms with Gasteiger partial charge in [-0.3, -0.25) is 0 Å². The highest BCUT2D eigenvalue weighted by Crippen LogP contribution is 2.32. The van der Waals surface area contributed by atoms with Crippen LogP contribution >= 0.6 is 23.2 Å². The molecule has 0 spiro atoms. The third-order valence-corrected chi connectivity index (χ3v) is 3.82. The van der Waals surface area contributed by atoms with Gasteiger partial charge < -0.3 is 20.5 Å². The van der Waals surface area contributed by atoms with Gasteiger partial charge in [-0.2, -0.15) is 0 Å². The van der Waals surface area contributed by atoms with Gasteiger partial charge in [0.25, 0.3) is 0 Å². The monoisotopic (exact) mass is 332 g/mol. The topological polar surface area (TPSA) is 87.7 Å². The molecule has 2 rings (SSSR count). The lowest BCUT2D eigenvalue weighted by atomic mass is 10.1. The molecule has 1 aromatic carbocycles. The van der Waals surface area contributed by atoms with E-state index in [0.29, 0.717) is 6.61 Å². The molecule has 2 amide bonds. The summed E-state index contributed by atoms with van der Waals surface area (Å²) in [4.78, 5) is 22.8. The van der Waals surface area contributed by atoms with Crippen LogP contribution in [0.25, 0.3) is 0 Å². The van der Waals surface area contributed by atoms with Gasteiger partial charge in [0.05, 0.1) is 33.4 Å². The number of rotatable bonds is 3. The van der Waals surface area contributed by atoms with Gasteiger partial charge in [0, 0.05) is 6.61 Å². The summed E-state index contributed by atoms with van der Waals surface area (Å²) in [6.45, 7) is 2.47. The van der Waals surface area contributed by atoms with Gasteiger partial charge in [0.15, 0.2) is 0 Å². The molecule has 1 heterocycles. The van der Waals surface area contributed by atoms with Gasteiger partial charge in [-0.15, -0.1) is 0 Å². The SMILES string of the molecule is CC1OCCC1NC(=O)Nc1c(Cl)cc(C(=O)O)cc1Cl. The molecule has 0 aliphatic carbocycles. The van der Waals surface area contributed by atoms with E-state index in [1.807, 2.05) is 6.92 Å². The zero-order valence-corrected chi connectivity index (χ0v) is 12.7. The van der Waals surface area contributed by atoms with Crippen molar-refractivity contribution in [1.82, 2.24) is 5.32 Å². The van der Waals surface area contributed by atoms with Crippen molar-refractivity contribution in [3.8, 4) is 0 Å². The lowest BCUT2D eigenvalue weighted by Gasteiger charge is -2.17. The molecule has 3 N–H and O–H groups in total. The lowest BCUT2D eigenvalue weighted by Crippen LogP contribution is -2.41. The number of anilines is 1. The van der Waals surface area contributed by atoms with Crippen LogP contribution in [0.4, 0.5) is 10.5 Å². The zero-order chi connectivity index (χ0) is 15.6. The summed E-state index contributed by atoms with van der Waals surface area (Å²) in [5, 5.41) is 14.3. The third kappa shape index (κ3) is 3.78. The van der Waals surface area contributed by atoms with E-state index in [2.05, 4.69) is 10.6 Å². The van der Waals surface area contributed by atoms with Gasteiger partial charge >= 0.3 is 12.0 Å². The van der Waals surface area contributed by atoms with Gasteiger partial charge in [-0.05, 0) is 25.5 Å². The average molecular weight is 333 g/mol. The summed E-state index contributed by atoms with van der Waals surface area (Å²) in [5.74, 6) is -1.15. The van der Waals surface area contributed by atoms with Crippen LogP contribution in [0.15, 0.2) is 12.1 Å². The van der Waals surface area contributed by atoms with Crippen molar-refractivity contribution in [1.29, 1.82) is 0 Å². The number of carboxylic acid groups (broad SMARTS) is 1. The number of carbonyl (C=O) groups is 2. The highest BCUT2D eigenvalue weighted by molar-refractivity contribution is 6.40. The molecule has 8 heteroatoms. The zero-order valence-electron chi connectivity index (χ0n) is 11.2. The Balaban J connectivity index is 2.08. The van der Waals surface area contributed by atoms with E-state index in [9.17, 15) is 9.59 Å². The maximum Gasteiger partial charge on any atom is 0.335 e. The number of aromatic carboxylic acids is 1. The largest absolute Gasteiger partial charge is 0.478 e. The van der Waals surface area contributed by atoms with Crippen LogP contribution in [0.5, 0.6) is 0 Å². The van der Waals surface area contributed by atoms with Crippen molar-refractivity contribution in [3.63, 3.8) is 0 Å². The first-order valence-electron chi connectivity index (χ1n) is 6.30. The molecular weight excluding hydrogens is 319 g/mol. The molecule has 1 aliphatic rings. The number of hydrogen-bond donors (Lipinski definition) is 3. The van der Waals surface area contributed by atoms with Crippen molar-refractivity contribution in [2.45, 2.75) is 25.5 Å². The molecule has 1 saturated heterocycles. The van der Waals surface area contributed by atoms with Crippen molar-refractivity contribution in [2.75, 3.05) is 11.9 Å². The van der Waals surface area contributed by atoms with Crippen LogP contribution in [0.2, 0.25) is 10.0 Å². The summed E-state index contributed by atoms with van der Waals surface area (Å²) in [7, 11) is 0. The van der Waals surface area contributed by atoms with Crippen molar-refractivity contribution < 1.29 is 19.4 Å². The predicted octanol–water partition coefficient (Wildman–Crippen LogP) is 2.99. The second kappa shape index (κ2) is 6.51. The standard InChI is InChI=1S/C13H14Cl2N2O4/c1-6-10(2-3-21-6)16-13(20)17-11-8(14)4-7(12(18)19)5-9(11)15/h4-6,10H,2-3H2,1H3,(H,18,19)(H2,16,17,20). The fraction of sp³-hybridized carbons (Fsp3) is 0.385. The molecule has 1 aliphatic heterocycles. The molecule has 0 saturated carbocycles. The maximum atomic E-state index is 11.9. The van der Waals surface area contributed by atoms with Gasteiger partial charge in [-0.25, -0.2) is 9.59 Å². The Kier molecular flexibility index (Phi) is 4.92. The third-order valence-electron chi connectivity index (χ3n) is 3.22. The quantitative estimate of drug-likeness (QED) is 0.793. The number of amides is 2. The van der Waals surface area contributed by atoms with Crippen LogP contribution in [0.3, 0.4) is 0 Å². The van der Waals surface area contributed by atoms with Crippen LogP contribution in [-0.4, -0.2) is 35.9 Å². The minimum Gasteiger partial charge on any atom is -0.478 e. The second-order valence-electron chi connectivity index (χ2n) is 4.69. The molecule has 114 valence electrons. The minimum atomic E-state index is -1.15. The molecule has 1 fully saturated rings. The first kappa shape index (κ1) is 15.9. The van der Waals surface area contributed by atoms with Crippen molar-refractivity contribution in [2.24, 2.45) is 0 Å². The molecular formula is C13H14Cl2N2O4. The number of ether oxygens (including phenoxy) is 1. The molecule has 6 nitrogen and oxygen atoms in total. The normalized spacial score (nSPS) is 21.1. The molecule has 0 bridgehead atoms. The highest BCUT2D eigenvalue weighted by atomic mass is 35.5. The molecule has 21 heavy (non-hydrogen) atoms. The predicted molar refractivity (Wildman–Crippen MR) is 79.4 cm³/mol. The van der Waals surface area contributed by atoms with Crippen molar-refractivity contribution >= 4 is 40.9 Å². The first-order valence-corrected chi connectivity index (χ1v) is 7.05. The minimum absolute atomic E-state index is 0.0474. The molecule has 2 unspecified atom stereocenters. The Morgan fingerprint density at radius 1 is 1.33 bits per heavy atom. The van der Waals surface area contributed by atoms with E-state index < -0.39 is 12.0 Å². The lowest BCUT2D eigenvalue weighted by molar-refractivity contribution is 0.0697. The Morgan fingerprint density at radius 2 is 1.95 bits per heavy atom. The van der Waals surface area contributed by atoms with E-state index in [1.54, 1.807) is 0 Å². The number of urea groups is 1. The maximum absolute atomic E-state index is 11.9. The fourth-order valence-corrected chi connectivity index (χ4v) is 2.64. The van der Waals surface area contributed by atoms with E-state index in [0.717, 1.165) is 6.42 Å². The van der Waals surface area contributed by atoms with E-state index in [-0.39, 0.29) is 33.4 Å². The van der Waals surface area contributed by atoms with Crippen LogP contribution < -0.4 is 10.6 Å². The Morgan fingerprint density at radius 3 is 2.43 bits per heavy atom. The van der Waals surface area contributed by atoms with Crippen molar-refractivity contribution in [3.05, 3.63) is 27.7 Å². The Labute approximate surface area is 131 Å². The van der Waals surface area contributed by atoms with Crippen LogP contribution in [0, 0.1) is 0 Å². The number of hydrogen-bond acceptors (Lipinski definition) is 3. The average Bonchev–Trinajstić information content (AvgIpc) is 2.79. The number of benzene rings is 1. The number of halogens is 2. The Bertz CT molecular complexity index is 556. The van der Waals surface area contributed by atoms with E-state index >= 15 is 0 Å². The number of nitrogens with one attached hydrogen (secondary N) is 2. The van der Waals surface area contributed by atoms with Gasteiger partial charge in [0.2, 0.25) is 0 Å². The van der Waals surface area contributed by atoms with E-state index in [4.69, 9.17) is 33.0 Å². The van der Waals surface area contributed by atoms with Gasteiger partial charge in [0.1, 0.15) is 0 Å². The molecule has 0 radical (unpaired) electrons. The Hall–Kier alpha value is -1.50. The highest BCUT2D eigenvalue weighted by Gasteiger charge is 2.26. The van der Waals surface area contributed by atoms with Crippen LogP contribution in [-0.2, 0) is 4.74 Å². The summed E-state index contributed by atoms with van der Waals surface area (Å²) >= 11 is 11.9. The van der Waals surface area contributed by atoms with Crippen LogP contribution in [0.1, 0.15) is 23.7 Å². The summed E-state index contributed by atoms with van der Waals surface area (Å²) in [5.41, 5.74) is 0.126. The molecule has 2 atom stereocenters.